The van der Waals surface area contributed by atoms with Crippen molar-refractivity contribution in [2.24, 2.45) is 0 Å². The molecule has 3 heterocycles. The molecule has 0 aliphatic rings. The first-order chi connectivity index (χ1) is 14.9. The Morgan fingerprint density at radius 3 is 2.74 bits per heavy atom. The van der Waals surface area contributed by atoms with Gasteiger partial charge < -0.3 is 10.1 Å². The Balaban J connectivity index is 1.90. The minimum absolute atomic E-state index is 0.0583. The molecule has 10 heteroatoms. The van der Waals surface area contributed by atoms with Gasteiger partial charge in [-0.3, -0.25) is 14.2 Å². The van der Waals surface area contributed by atoms with E-state index in [0.29, 0.717) is 22.6 Å². The third kappa shape index (κ3) is 3.86. The summed E-state index contributed by atoms with van der Waals surface area (Å²) in [7, 11) is 0. The molecule has 0 unspecified atom stereocenters. The molecule has 162 valence electrons. The maximum Gasteiger partial charge on any atom is 0.352 e. The lowest BCUT2D eigenvalue weighted by Gasteiger charge is -2.12. The van der Waals surface area contributed by atoms with E-state index in [1.807, 2.05) is 45.0 Å². The van der Waals surface area contributed by atoms with Crippen molar-refractivity contribution in [2.45, 2.75) is 39.9 Å². The summed E-state index contributed by atoms with van der Waals surface area (Å²) in [6.07, 6.45) is 0. The smallest absolute Gasteiger partial charge is 0.352 e. The van der Waals surface area contributed by atoms with E-state index in [4.69, 9.17) is 4.74 Å². The second-order valence-electron chi connectivity index (χ2n) is 7.36. The topological polar surface area (TPSA) is 99.6 Å². The summed E-state index contributed by atoms with van der Waals surface area (Å²) in [6, 6.07) is 9.10. The van der Waals surface area contributed by atoms with Crippen LogP contribution in [0.15, 0.2) is 45.3 Å². The monoisotopic (exact) mass is 441 g/mol. The molecule has 31 heavy (non-hydrogen) atoms. The van der Waals surface area contributed by atoms with E-state index >= 15 is 0 Å². The predicted molar refractivity (Wildman–Crippen MR) is 119 cm³/mol. The van der Waals surface area contributed by atoms with E-state index in [9.17, 15) is 14.4 Å². The third-order valence-electron chi connectivity index (χ3n) is 4.73. The summed E-state index contributed by atoms with van der Waals surface area (Å²) < 4.78 is 10.1. The lowest BCUT2D eigenvalue weighted by molar-refractivity contribution is -0.122. The van der Waals surface area contributed by atoms with E-state index in [-0.39, 0.29) is 36.4 Å². The Morgan fingerprint density at radius 2 is 2.00 bits per heavy atom. The van der Waals surface area contributed by atoms with Crippen LogP contribution in [0.2, 0.25) is 0 Å². The van der Waals surface area contributed by atoms with Gasteiger partial charge in [0.1, 0.15) is 17.0 Å². The molecule has 3 aromatic heterocycles. The molecule has 0 spiro atoms. The van der Waals surface area contributed by atoms with Crippen LogP contribution < -0.4 is 21.3 Å². The number of benzene rings is 1. The first-order valence-electron chi connectivity index (χ1n) is 10.00. The van der Waals surface area contributed by atoms with E-state index in [2.05, 4.69) is 10.4 Å². The molecule has 1 amide bonds. The number of carbonyl (C=O) groups is 1. The minimum Gasteiger partial charge on any atom is -0.494 e. The van der Waals surface area contributed by atoms with E-state index < -0.39 is 5.69 Å². The molecule has 0 radical (unpaired) electrons. The number of hydrogen-bond donors (Lipinski definition) is 1. The number of fused-ring (bicyclic) bond motifs is 3. The molecule has 0 fully saturated rings. The summed E-state index contributed by atoms with van der Waals surface area (Å²) in [5.74, 6) is 0.529. The van der Waals surface area contributed by atoms with Crippen LogP contribution >= 0.6 is 11.3 Å². The Morgan fingerprint density at radius 1 is 1.23 bits per heavy atom. The first-order valence-corrected chi connectivity index (χ1v) is 10.9. The van der Waals surface area contributed by atoms with Gasteiger partial charge in [-0.15, -0.1) is 16.4 Å². The van der Waals surface area contributed by atoms with Crippen LogP contribution in [-0.4, -0.2) is 37.3 Å². The molecule has 0 atom stereocenters. The van der Waals surface area contributed by atoms with Crippen molar-refractivity contribution in [1.29, 1.82) is 0 Å². The number of nitrogens with zero attached hydrogens (tertiary/aromatic N) is 4. The first kappa shape index (κ1) is 20.9. The summed E-state index contributed by atoms with van der Waals surface area (Å²) in [4.78, 5) is 38.6. The Hall–Kier alpha value is -3.40. The van der Waals surface area contributed by atoms with Gasteiger partial charge in [-0.1, -0.05) is 18.2 Å². The highest BCUT2D eigenvalue weighted by atomic mass is 32.1. The van der Waals surface area contributed by atoms with E-state index in [1.165, 1.54) is 20.3 Å². The van der Waals surface area contributed by atoms with Crippen LogP contribution in [0.3, 0.4) is 0 Å². The van der Waals surface area contributed by atoms with Gasteiger partial charge in [0.05, 0.1) is 18.7 Å². The summed E-state index contributed by atoms with van der Waals surface area (Å²) in [6.45, 7) is 6.01. The van der Waals surface area contributed by atoms with Crippen LogP contribution in [0.1, 0.15) is 26.3 Å². The second-order valence-corrected chi connectivity index (χ2v) is 8.28. The van der Waals surface area contributed by atoms with E-state index in [1.54, 1.807) is 11.4 Å². The van der Waals surface area contributed by atoms with Crippen LogP contribution in [0, 0.1) is 0 Å². The number of thiophene rings is 1. The number of aromatic nitrogens is 4. The van der Waals surface area contributed by atoms with Gasteiger partial charge in [-0.2, -0.15) is 0 Å². The normalized spacial score (nSPS) is 11.5. The molecular formula is C21H23N5O4S. The number of rotatable bonds is 7. The average molecular weight is 442 g/mol. The summed E-state index contributed by atoms with van der Waals surface area (Å²) in [5, 5.41) is 8.87. The number of ether oxygens (including phenoxy) is 1. The largest absolute Gasteiger partial charge is 0.494 e. The Labute approximate surface area is 181 Å². The van der Waals surface area contributed by atoms with Gasteiger partial charge in [-0.25, -0.2) is 13.9 Å². The SMILES string of the molecule is CCOc1ccccc1Cn1c(=O)c2sccc2n2c(=O)n(CC(=O)NC(C)C)nc12. The Bertz CT molecular complexity index is 1380. The van der Waals surface area contributed by atoms with Crippen LogP contribution in [0.5, 0.6) is 5.75 Å². The molecule has 0 bridgehead atoms. The molecule has 4 rings (SSSR count). The Kier molecular flexibility index (Phi) is 5.64. The maximum absolute atomic E-state index is 13.3. The lowest BCUT2D eigenvalue weighted by Crippen LogP contribution is -2.36. The molecule has 0 aliphatic carbocycles. The van der Waals surface area contributed by atoms with Crippen LogP contribution in [0.25, 0.3) is 16.0 Å². The number of carbonyl (C=O) groups excluding carboxylic acids is 1. The third-order valence-corrected chi connectivity index (χ3v) is 5.62. The van der Waals surface area contributed by atoms with Crippen LogP contribution in [0.4, 0.5) is 0 Å². The van der Waals surface area contributed by atoms with Gasteiger partial charge in [-0.05, 0) is 38.3 Å². The van der Waals surface area contributed by atoms with Crippen LogP contribution in [-0.2, 0) is 17.9 Å². The van der Waals surface area contributed by atoms with Crippen molar-refractivity contribution in [2.75, 3.05) is 6.61 Å². The molecule has 1 N–H and O–H groups in total. The van der Waals surface area contributed by atoms with Gasteiger partial charge in [0.25, 0.3) is 5.56 Å². The quantitative estimate of drug-likeness (QED) is 0.472. The number of amides is 1. The molecule has 1 aromatic carbocycles. The summed E-state index contributed by atoms with van der Waals surface area (Å²) >= 11 is 1.27. The molecule has 0 saturated heterocycles. The zero-order chi connectivity index (χ0) is 22.1. The van der Waals surface area contributed by atoms with Gasteiger partial charge in [0, 0.05) is 11.6 Å². The minimum atomic E-state index is -0.468. The van der Waals surface area contributed by atoms with Gasteiger partial charge >= 0.3 is 5.69 Å². The standard InChI is InChI=1S/C21H23N5O4S/c1-4-30-16-8-6-5-7-14(16)11-24-19(28)18-15(9-10-31-18)26-20(24)23-25(21(26)29)12-17(27)22-13(2)3/h5-10,13H,4,11-12H2,1-3H3,(H,22,27). The fraction of sp³-hybridized carbons (Fsp3) is 0.333. The lowest BCUT2D eigenvalue weighted by atomic mass is 10.2. The summed E-state index contributed by atoms with van der Waals surface area (Å²) in [5.41, 5.74) is 0.570. The number of para-hydroxylation sites is 1. The van der Waals surface area contributed by atoms with Crippen molar-refractivity contribution in [3.05, 3.63) is 62.1 Å². The molecular weight excluding hydrogens is 418 g/mol. The second kappa shape index (κ2) is 8.38. The molecule has 0 saturated carbocycles. The molecule has 9 nitrogen and oxygen atoms in total. The molecule has 0 aliphatic heterocycles. The van der Waals surface area contributed by atoms with Gasteiger partial charge in [0.15, 0.2) is 0 Å². The highest BCUT2D eigenvalue weighted by Gasteiger charge is 2.20. The van der Waals surface area contributed by atoms with Gasteiger partial charge in [0.2, 0.25) is 11.7 Å². The highest BCUT2D eigenvalue weighted by molar-refractivity contribution is 7.17. The van der Waals surface area contributed by atoms with E-state index in [0.717, 1.165) is 10.2 Å². The van der Waals surface area contributed by atoms with Crippen molar-refractivity contribution in [3.8, 4) is 5.75 Å². The van der Waals surface area contributed by atoms with Crippen molar-refractivity contribution in [1.82, 2.24) is 24.1 Å². The molecule has 4 aromatic rings. The fourth-order valence-electron chi connectivity index (χ4n) is 3.48. The number of hydrogen-bond acceptors (Lipinski definition) is 6. The average Bonchev–Trinajstić information content (AvgIpc) is 3.31. The predicted octanol–water partition coefficient (Wildman–Crippen LogP) is 1.84. The maximum atomic E-state index is 13.3. The van der Waals surface area contributed by atoms with Crippen molar-refractivity contribution < 1.29 is 9.53 Å². The zero-order valence-corrected chi connectivity index (χ0v) is 18.3. The number of nitrogens with one attached hydrogen (secondary N) is 1. The highest BCUT2D eigenvalue weighted by Crippen LogP contribution is 2.21. The van der Waals surface area contributed by atoms with Crippen molar-refractivity contribution in [3.63, 3.8) is 0 Å². The van der Waals surface area contributed by atoms with Crippen molar-refractivity contribution >= 4 is 33.2 Å². The fourth-order valence-corrected chi connectivity index (χ4v) is 4.31. The zero-order valence-electron chi connectivity index (χ0n) is 17.5.